The fourth-order valence-electron chi connectivity index (χ4n) is 3.25. The summed E-state index contributed by atoms with van der Waals surface area (Å²) < 4.78 is 1.14. The van der Waals surface area contributed by atoms with E-state index in [4.69, 9.17) is 0 Å². The van der Waals surface area contributed by atoms with Crippen LogP contribution in [-0.2, 0) is 6.42 Å². The van der Waals surface area contributed by atoms with Gasteiger partial charge in [-0.1, -0.05) is 11.6 Å². The number of likely N-dealkylation sites (N-methyl/N-ethyl adjacent to an activating group) is 1. The van der Waals surface area contributed by atoms with Gasteiger partial charge in [0.15, 0.2) is 0 Å². The molecule has 0 aliphatic carbocycles. The van der Waals surface area contributed by atoms with Crippen LogP contribution >= 0.6 is 15.9 Å². The van der Waals surface area contributed by atoms with Gasteiger partial charge in [0.05, 0.1) is 4.60 Å². The number of nitrogens with one attached hydrogen (secondary N) is 2. The van der Waals surface area contributed by atoms with E-state index in [0.29, 0.717) is 6.04 Å². The zero-order valence-corrected chi connectivity index (χ0v) is 14.0. The number of hydrogen-bond acceptors (Lipinski definition) is 2. The number of aromatic amines is 1. The minimum absolute atomic E-state index is 0.532. The lowest BCUT2D eigenvalue weighted by Crippen LogP contribution is -2.49. The van der Waals surface area contributed by atoms with Crippen molar-refractivity contribution in [3.63, 3.8) is 0 Å². The molecule has 1 saturated heterocycles. The van der Waals surface area contributed by atoms with E-state index in [-0.39, 0.29) is 0 Å². The number of hydrogen-bond donors (Lipinski definition) is 2. The van der Waals surface area contributed by atoms with Gasteiger partial charge in [0.2, 0.25) is 0 Å². The maximum absolute atomic E-state index is 3.71. The summed E-state index contributed by atoms with van der Waals surface area (Å²) >= 11 is 3.71. The summed E-state index contributed by atoms with van der Waals surface area (Å²) in [4.78, 5) is 5.90. The van der Waals surface area contributed by atoms with E-state index in [9.17, 15) is 0 Å². The smallest absolute Gasteiger partial charge is 0.0864 e. The SMILES string of the molecule is Cc1cc(C)c2[nH]c(Br)c(CC3CN(C)CCN3)c2c1. The molecular formula is C16H22BrN3. The molecule has 2 N–H and O–H groups in total. The number of benzene rings is 1. The summed E-state index contributed by atoms with van der Waals surface area (Å²) in [5.74, 6) is 0. The van der Waals surface area contributed by atoms with Crippen LogP contribution in [0.25, 0.3) is 10.9 Å². The Morgan fingerprint density at radius 1 is 1.35 bits per heavy atom. The van der Waals surface area contributed by atoms with Crippen LogP contribution in [0.4, 0.5) is 0 Å². The van der Waals surface area contributed by atoms with Crippen LogP contribution in [0.5, 0.6) is 0 Å². The number of nitrogens with zero attached hydrogens (tertiary/aromatic N) is 1. The van der Waals surface area contributed by atoms with Crippen molar-refractivity contribution in [2.75, 3.05) is 26.7 Å². The van der Waals surface area contributed by atoms with Crippen LogP contribution in [-0.4, -0.2) is 42.6 Å². The third-order valence-corrected chi connectivity index (χ3v) is 4.89. The van der Waals surface area contributed by atoms with Crippen LogP contribution in [0.2, 0.25) is 0 Å². The predicted molar refractivity (Wildman–Crippen MR) is 88.5 cm³/mol. The van der Waals surface area contributed by atoms with E-state index in [1.165, 1.54) is 27.6 Å². The van der Waals surface area contributed by atoms with Gasteiger partial charge in [0.25, 0.3) is 0 Å². The highest BCUT2D eigenvalue weighted by atomic mass is 79.9. The molecule has 2 heterocycles. The van der Waals surface area contributed by atoms with Gasteiger partial charge in [0, 0.05) is 36.6 Å². The Kier molecular flexibility index (Phi) is 3.89. The Balaban J connectivity index is 1.96. The van der Waals surface area contributed by atoms with Gasteiger partial charge in [-0.25, -0.2) is 0 Å². The topological polar surface area (TPSA) is 31.1 Å². The molecule has 108 valence electrons. The van der Waals surface area contributed by atoms with E-state index in [2.05, 4.69) is 64.2 Å². The monoisotopic (exact) mass is 335 g/mol. The standard InChI is InChI=1S/C16H22BrN3/c1-10-6-11(2)15-13(7-10)14(16(17)19-15)8-12-9-20(3)5-4-18-12/h6-7,12,18-19H,4-5,8-9H2,1-3H3. The van der Waals surface area contributed by atoms with Crippen molar-refractivity contribution in [1.82, 2.24) is 15.2 Å². The molecule has 1 atom stereocenters. The molecule has 0 radical (unpaired) electrons. The molecular weight excluding hydrogens is 314 g/mol. The van der Waals surface area contributed by atoms with Crippen molar-refractivity contribution in [2.45, 2.75) is 26.3 Å². The summed E-state index contributed by atoms with van der Waals surface area (Å²) in [7, 11) is 2.20. The maximum atomic E-state index is 3.71. The molecule has 3 rings (SSSR count). The lowest BCUT2D eigenvalue weighted by molar-refractivity contribution is 0.238. The Morgan fingerprint density at radius 2 is 2.15 bits per heavy atom. The van der Waals surface area contributed by atoms with Crippen LogP contribution in [0.15, 0.2) is 16.7 Å². The molecule has 1 unspecified atom stereocenters. The number of piperazine rings is 1. The second-order valence-electron chi connectivity index (χ2n) is 6.04. The Labute approximate surface area is 128 Å². The normalized spacial score (nSPS) is 20.7. The molecule has 1 aromatic heterocycles. The number of halogens is 1. The lowest BCUT2D eigenvalue weighted by Gasteiger charge is -2.31. The molecule has 2 aromatic rings. The summed E-state index contributed by atoms with van der Waals surface area (Å²) in [5, 5.41) is 5.00. The largest absolute Gasteiger partial charge is 0.349 e. The molecule has 1 aliphatic rings. The quantitative estimate of drug-likeness (QED) is 0.883. The number of fused-ring (bicyclic) bond motifs is 1. The predicted octanol–water partition coefficient (Wildman–Crippen LogP) is 2.99. The third kappa shape index (κ3) is 2.65. The first kappa shape index (κ1) is 14.1. The third-order valence-electron chi connectivity index (χ3n) is 4.21. The van der Waals surface area contributed by atoms with Crippen LogP contribution in [0.1, 0.15) is 16.7 Å². The second kappa shape index (κ2) is 5.51. The zero-order chi connectivity index (χ0) is 14.3. The molecule has 0 spiro atoms. The average molecular weight is 336 g/mol. The van der Waals surface area contributed by atoms with Gasteiger partial charge >= 0.3 is 0 Å². The summed E-state index contributed by atoms with van der Waals surface area (Å²) in [6, 6.07) is 5.07. The Hall–Kier alpha value is -0.840. The molecule has 1 aliphatic heterocycles. The first-order valence-corrected chi connectivity index (χ1v) is 8.03. The fourth-order valence-corrected chi connectivity index (χ4v) is 3.82. The molecule has 1 fully saturated rings. The van der Waals surface area contributed by atoms with Gasteiger partial charge in [-0.05, 0) is 60.4 Å². The molecule has 20 heavy (non-hydrogen) atoms. The van der Waals surface area contributed by atoms with Gasteiger partial charge in [-0.2, -0.15) is 0 Å². The van der Waals surface area contributed by atoms with Crippen LogP contribution < -0.4 is 5.32 Å². The highest BCUT2D eigenvalue weighted by Crippen LogP contribution is 2.30. The van der Waals surface area contributed by atoms with Crippen molar-refractivity contribution >= 4 is 26.8 Å². The first-order valence-electron chi connectivity index (χ1n) is 7.24. The van der Waals surface area contributed by atoms with Crippen molar-refractivity contribution in [3.05, 3.63) is 33.4 Å². The van der Waals surface area contributed by atoms with Crippen molar-refractivity contribution < 1.29 is 0 Å². The van der Waals surface area contributed by atoms with Gasteiger partial charge in [-0.3, -0.25) is 0 Å². The summed E-state index contributed by atoms with van der Waals surface area (Å²) in [5.41, 5.74) is 5.32. The fraction of sp³-hybridized carbons (Fsp3) is 0.500. The van der Waals surface area contributed by atoms with Crippen molar-refractivity contribution in [1.29, 1.82) is 0 Å². The number of rotatable bonds is 2. The minimum atomic E-state index is 0.532. The molecule has 0 bridgehead atoms. The van der Waals surface area contributed by atoms with E-state index >= 15 is 0 Å². The van der Waals surface area contributed by atoms with Crippen molar-refractivity contribution in [3.8, 4) is 0 Å². The van der Waals surface area contributed by atoms with Crippen LogP contribution in [0, 0.1) is 13.8 Å². The van der Waals surface area contributed by atoms with E-state index in [1.54, 1.807) is 0 Å². The highest BCUT2D eigenvalue weighted by molar-refractivity contribution is 9.10. The minimum Gasteiger partial charge on any atom is -0.349 e. The molecule has 3 nitrogen and oxygen atoms in total. The Morgan fingerprint density at radius 3 is 2.90 bits per heavy atom. The molecule has 0 amide bonds. The first-order chi connectivity index (χ1) is 9.54. The van der Waals surface area contributed by atoms with Gasteiger partial charge in [0.1, 0.15) is 0 Å². The van der Waals surface area contributed by atoms with Crippen molar-refractivity contribution in [2.24, 2.45) is 0 Å². The lowest BCUT2D eigenvalue weighted by atomic mass is 10.0. The highest BCUT2D eigenvalue weighted by Gasteiger charge is 2.20. The van der Waals surface area contributed by atoms with E-state index in [1.807, 2.05) is 0 Å². The number of aromatic nitrogens is 1. The maximum Gasteiger partial charge on any atom is 0.0864 e. The zero-order valence-electron chi connectivity index (χ0n) is 12.4. The number of H-pyrrole nitrogens is 1. The van der Waals surface area contributed by atoms with Gasteiger partial charge in [-0.15, -0.1) is 0 Å². The Bertz CT molecular complexity index is 632. The average Bonchev–Trinajstić information content (AvgIpc) is 2.68. The number of aryl methyl sites for hydroxylation is 2. The molecule has 4 heteroatoms. The van der Waals surface area contributed by atoms with E-state index in [0.717, 1.165) is 30.7 Å². The van der Waals surface area contributed by atoms with E-state index < -0.39 is 0 Å². The van der Waals surface area contributed by atoms with Crippen LogP contribution in [0.3, 0.4) is 0 Å². The molecule has 1 aromatic carbocycles. The second-order valence-corrected chi connectivity index (χ2v) is 6.83. The molecule has 0 saturated carbocycles. The summed E-state index contributed by atoms with van der Waals surface area (Å²) in [6.45, 7) is 7.69. The summed E-state index contributed by atoms with van der Waals surface area (Å²) in [6.07, 6.45) is 1.06. The van der Waals surface area contributed by atoms with Gasteiger partial charge < -0.3 is 15.2 Å².